The van der Waals surface area contributed by atoms with Crippen LogP contribution in [-0.4, -0.2) is 61.6 Å². The van der Waals surface area contributed by atoms with E-state index in [0.29, 0.717) is 0 Å². The first-order valence-corrected chi connectivity index (χ1v) is 10.2. The number of sulfonamides is 1. The van der Waals surface area contributed by atoms with Crippen molar-refractivity contribution in [2.24, 2.45) is 0 Å². The van der Waals surface area contributed by atoms with Gasteiger partial charge in [-0.05, 0) is 26.8 Å². The molecule has 0 aliphatic rings. The largest absolute Gasteiger partial charge is 0.467 e. The van der Waals surface area contributed by atoms with Crippen molar-refractivity contribution in [1.29, 1.82) is 0 Å². The Morgan fingerprint density at radius 3 is 2.43 bits per heavy atom. The van der Waals surface area contributed by atoms with Crippen LogP contribution in [0.1, 0.15) is 20.8 Å². The van der Waals surface area contributed by atoms with Crippen LogP contribution in [0, 0.1) is 10.1 Å². The molecule has 1 N–H and O–H groups in total. The first-order valence-electron chi connectivity index (χ1n) is 8.75. The summed E-state index contributed by atoms with van der Waals surface area (Å²) in [5.41, 5.74) is -1.48. The smallest absolute Gasteiger partial charge is 0.408 e. The molecule has 30 heavy (non-hydrogen) atoms. The van der Waals surface area contributed by atoms with E-state index in [2.05, 4.69) is 16.6 Å². The van der Waals surface area contributed by atoms with Gasteiger partial charge in [-0.25, -0.2) is 18.0 Å². The van der Waals surface area contributed by atoms with E-state index in [1.165, 1.54) is 18.2 Å². The number of esters is 1. The van der Waals surface area contributed by atoms with Gasteiger partial charge in [0.25, 0.3) is 5.69 Å². The zero-order valence-corrected chi connectivity index (χ0v) is 18.0. The third-order valence-electron chi connectivity index (χ3n) is 3.58. The van der Waals surface area contributed by atoms with Gasteiger partial charge in [-0.15, -0.1) is 6.58 Å². The normalized spacial score (nSPS) is 12.7. The number of methoxy groups -OCH3 is 1. The molecule has 0 heterocycles. The Bertz CT molecular complexity index is 908. The lowest BCUT2D eigenvalue weighted by Gasteiger charge is -2.26. The maximum absolute atomic E-state index is 13.1. The Morgan fingerprint density at radius 1 is 1.33 bits per heavy atom. The fourth-order valence-corrected chi connectivity index (χ4v) is 3.94. The molecular formula is C18H25N3O8S. The predicted octanol–water partition coefficient (Wildman–Crippen LogP) is 1.84. The van der Waals surface area contributed by atoms with Crippen molar-refractivity contribution in [3.63, 3.8) is 0 Å². The number of nitro groups is 1. The summed E-state index contributed by atoms with van der Waals surface area (Å²) in [6, 6.07) is 3.37. The maximum atomic E-state index is 13.1. The van der Waals surface area contributed by atoms with Crippen LogP contribution in [0.4, 0.5) is 10.5 Å². The lowest BCUT2D eigenvalue weighted by atomic mass is 10.2. The minimum atomic E-state index is -4.43. The molecule has 12 heteroatoms. The second-order valence-corrected chi connectivity index (χ2v) is 8.96. The average molecular weight is 443 g/mol. The monoisotopic (exact) mass is 443 g/mol. The number of ether oxygens (including phenoxy) is 2. The van der Waals surface area contributed by atoms with E-state index >= 15 is 0 Å². The highest BCUT2D eigenvalue weighted by molar-refractivity contribution is 7.89. The van der Waals surface area contributed by atoms with Crippen LogP contribution in [0.25, 0.3) is 0 Å². The SMILES string of the molecule is C=CCN(CC(NC(=O)OC(C)(C)C)C(=O)OC)S(=O)(=O)c1ccccc1[N+](=O)[O-]. The molecule has 0 aromatic heterocycles. The van der Waals surface area contributed by atoms with E-state index < -0.39 is 55.8 Å². The predicted molar refractivity (Wildman–Crippen MR) is 107 cm³/mol. The molecule has 11 nitrogen and oxygen atoms in total. The van der Waals surface area contributed by atoms with Crippen LogP contribution in [0.15, 0.2) is 41.8 Å². The molecule has 0 bridgehead atoms. The third-order valence-corrected chi connectivity index (χ3v) is 5.45. The van der Waals surface area contributed by atoms with Gasteiger partial charge in [0.1, 0.15) is 11.6 Å². The molecule has 0 saturated carbocycles. The lowest BCUT2D eigenvalue weighted by Crippen LogP contribution is -2.51. The van der Waals surface area contributed by atoms with E-state index in [1.807, 2.05) is 0 Å². The number of rotatable bonds is 9. The molecule has 1 aromatic carbocycles. The molecule has 0 fully saturated rings. The third kappa shape index (κ3) is 6.81. The van der Waals surface area contributed by atoms with Gasteiger partial charge in [0, 0.05) is 19.2 Å². The van der Waals surface area contributed by atoms with E-state index in [-0.39, 0.29) is 6.54 Å². The number of nitrogens with zero attached hydrogens (tertiary/aromatic N) is 2. The number of hydrogen-bond donors (Lipinski definition) is 1. The summed E-state index contributed by atoms with van der Waals surface area (Å²) in [5, 5.41) is 13.5. The minimum Gasteiger partial charge on any atom is -0.467 e. The van der Waals surface area contributed by atoms with Gasteiger partial charge in [-0.1, -0.05) is 18.2 Å². The number of carbonyl (C=O) groups excluding carboxylic acids is 2. The van der Waals surface area contributed by atoms with Crippen LogP contribution in [0.2, 0.25) is 0 Å². The second kappa shape index (κ2) is 10.2. The highest BCUT2D eigenvalue weighted by Crippen LogP contribution is 2.26. The van der Waals surface area contributed by atoms with Gasteiger partial charge in [0.05, 0.1) is 12.0 Å². The number of carbonyl (C=O) groups is 2. The van der Waals surface area contributed by atoms with Gasteiger partial charge < -0.3 is 14.8 Å². The number of para-hydroxylation sites is 1. The lowest BCUT2D eigenvalue weighted by molar-refractivity contribution is -0.387. The van der Waals surface area contributed by atoms with E-state index in [1.54, 1.807) is 20.8 Å². The quantitative estimate of drug-likeness (QED) is 0.263. The van der Waals surface area contributed by atoms with Crippen molar-refractivity contribution in [1.82, 2.24) is 9.62 Å². The summed E-state index contributed by atoms with van der Waals surface area (Å²) in [5.74, 6) is -0.923. The number of nitrogens with one attached hydrogen (secondary N) is 1. The Kier molecular flexibility index (Phi) is 8.49. The van der Waals surface area contributed by atoms with Crippen molar-refractivity contribution in [2.45, 2.75) is 37.3 Å². The zero-order valence-electron chi connectivity index (χ0n) is 17.2. The molecule has 166 valence electrons. The maximum Gasteiger partial charge on any atom is 0.408 e. The number of alkyl carbamates (subject to hydrolysis) is 1. The average Bonchev–Trinajstić information content (AvgIpc) is 2.64. The summed E-state index contributed by atoms with van der Waals surface area (Å²) in [4.78, 5) is 34.1. The van der Waals surface area contributed by atoms with Crippen LogP contribution < -0.4 is 5.32 Å². The summed E-state index contributed by atoms with van der Waals surface area (Å²) in [6.07, 6.45) is 0.285. The highest BCUT2D eigenvalue weighted by Gasteiger charge is 2.35. The van der Waals surface area contributed by atoms with Crippen molar-refractivity contribution >= 4 is 27.8 Å². The van der Waals surface area contributed by atoms with Crippen LogP contribution in [0.5, 0.6) is 0 Å². The minimum absolute atomic E-state index is 0.280. The summed E-state index contributed by atoms with van der Waals surface area (Å²) in [7, 11) is -3.36. The van der Waals surface area contributed by atoms with Crippen LogP contribution in [0.3, 0.4) is 0 Å². The molecule has 1 aromatic rings. The second-order valence-electron chi connectivity index (χ2n) is 7.06. The molecule has 0 saturated heterocycles. The van der Waals surface area contributed by atoms with Gasteiger partial charge in [0.15, 0.2) is 4.90 Å². The standard InChI is InChI=1S/C18H25N3O8S/c1-6-11-20(30(26,27)15-10-8-7-9-14(15)21(24)25)12-13(16(22)28-5)19-17(23)29-18(2,3)4/h6-10,13H,1,11-12H2,2-5H3,(H,19,23). The van der Waals surface area contributed by atoms with Gasteiger partial charge in [-0.3, -0.25) is 10.1 Å². The number of hydrogen-bond acceptors (Lipinski definition) is 8. The van der Waals surface area contributed by atoms with Gasteiger partial charge >= 0.3 is 12.1 Å². The number of nitro benzene ring substituents is 1. The molecule has 1 amide bonds. The summed E-state index contributed by atoms with van der Waals surface area (Å²) in [6.45, 7) is 7.48. The Balaban J connectivity index is 3.29. The topological polar surface area (TPSA) is 145 Å². The van der Waals surface area contributed by atoms with Crippen molar-refractivity contribution < 1.29 is 32.4 Å². The zero-order chi connectivity index (χ0) is 23.1. The van der Waals surface area contributed by atoms with Crippen LogP contribution in [-0.2, 0) is 24.3 Å². The van der Waals surface area contributed by atoms with Crippen molar-refractivity contribution in [2.75, 3.05) is 20.2 Å². The van der Waals surface area contributed by atoms with Crippen molar-refractivity contribution in [3.8, 4) is 0 Å². The van der Waals surface area contributed by atoms with Gasteiger partial charge in [0.2, 0.25) is 10.0 Å². The molecule has 0 spiro atoms. The first-order chi connectivity index (χ1) is 13.8. The fraction of sp³-hybridized carbons (Fsp3) is 0.444. The van der Waals surface area contributed by atoms with E-state index in [4.69, 9.17) is 4.74 Å². The van der Waals surface area contributed by atoms with Crippen LogP contribution >= 0.6 is 0 Å². The Hall–Kier alpha value is -2.99. The summed E-state index contributed by atoms with van der Waals surface area (Å²) < 4.78 is 36.7. The molecular weight excluding hydrogens is 418 g/mol. The Morgan fingerprint density at radius 2 is 1.93 bits per heavy atom. The molecule has 0 radical (unpaired) electrons. The van der Waals surface area contributed by atoms with Crippen molar-refractivity contribution in [3.05, 3.63) is 47.0 Å². The fourth-order valence-electron chi connectivity index (χ4n) is 2.35. The van der Waals surface area contributed by atoms with E-state index in [9.17, 15) is 28.1 Å². The van der Waals surface area contributed by atoms with E-state index in [0.717, 1.165) is 23.5 Å². The molecule has 1 rings (SSSR count). The molecule has 0 aliphatic heterocycles. The summed E-state index contributed by atoms with van der Waals surface area (Å²) >= 11 is 0. The highest BCUT2D eigenvalue weighted by atomic mass is 32.2. The Labute approximate surface area is 174 Å². The molecule has 1 atom stereocenters. The molecule has 0 aliphatic carbocycles. The molecule has 1 unspecified atom stereocenters. The number of amides is 1. The first kappa shape index (κ1) is 25.0. The van der Waals surface area contributed by atoms with Gasteiger partial charge in [-0.2, -0.15) is 4.31 Å². The number of benzene rings is 1.